The third kappa shape index (κ3) is 3.82. The summed E-state index contributed by atoms with van der Waals surface area (Å²) in [5, 5.41) is 9.61. The van der Waals surface area contributed by atoms with Gasteiger partial charge in [-0.3, -0.25) is 0 Å². The van der Waals surface area contributed by atoms with Crippen LogP contribution in [0.15, 0.2) is 21.5 Å². The lowest BCUT2D eigenvalue weighted by molar-refractivity contribution is 0.281. The second-order valence-electron chi connectivity index (χ2n) is 5.32. The number of aryl methyl sites for hydroxylation is 1. The summed E-state index contributed by atoms with van der Waals surface area (Å²) in [5.74, 6) is 0. The highest BCUT2D eigenvalue weighted by molar-refractivity contribution is 9.10. The zero-order valence-corrected chi connectivity index (χ0v) is 15.3. The Morgan fingerprint density at radius 3 is 2.76 bits per heavy atom. The van der Waals surface area contributed by atoms with E-state index in [0.717, 1.165) is 24.8 Å². The first-order chi connectivity index (χ1) is 9.89. The van der Waals surface area contributed by atoms with Gasteiger partial charge in [-0.25, -0.2) is 13.1 Å². The molecule has 0 aliphatic heterocycles. The molecule has 1 saturated carbocycles. The summed E-state index contributed by atoms with van der Waals surface area (Å²) < 4.78 is 28.7. The van der Waals surface area contributed by atoms with E-state index >= 15 is 0 Å². The molecular formula is C14H20BrNO3S2. The second kappa shape index (κ2) is 7.00. The first-order valence-corrected chi connectivity index (χ1v) is 10.4. The molecule has 1 aromatic carbocycles. The van der Waals surface area contributed by atoms with Crippen LogP contribution in [0.25, 0.3) is 0 Å². The molecule has 118 valence electrons. The molecule has 1 aliphatic carbocycles. The van der Waals surface area contributed by atoms with Gasteiger partial charge in [-0.1, -0.05) is 12.5 Å². The van der Waals surface area contributed by atoms with Crippen molar-refractivity contribution in [1.82, 2.24) is 4.72 Å². The fourth-order valence-corrected chi connectivity index (χ4v) is 6.10. The first-order valence-electron chi connectivity index (χ1n) is 6.84. The summed E-state index contributed by atoms with van der Waals surface area (Å²) >= 11 is 5.07. The van der Waals surface area contributed by atoms with Gasteiger partial charge in [-0.2, -0.15) is 11.8 Å². The molecule has 21 heavy (non-hydrogen) atoms. The molecule has 4 nitrogen and oxygen atoms in total. The van der Waals surface area contributed by atoms with Gasteiger partial charge in [0, 0.05) is 15.8 Å². The minimum absolute atomic E-state index is 0.0185. The minimum atomic E-state index is -3.59. The van der Waals surface area contributed by atoms with Crippen molar-refractivity contribution in [3.63, 3.8) is 0 Å². The molecule has 0 bridgehead atoms. The number of rotatable bonds is 5. The van der Waals surface area contributed by atoms with Crippen LogP contribution in [0.4, 0.5) is 0 Å². The van der Waals surface area contributed by atoms with E-state index in [4.69, 9.17) is 0 Å². The van der Waals surface area contributed by atoms with Gasteiger partial charge in [0.25, 0.3) is 0 Å². The molecule has 7 heteroatoms. The molecule has 1 aromatic rings. The first kappa shape index (κ1) is 17.3. The molecule has 0 saturated heterocycles. The van der Waals surface area contributed by atoms with E-state index in [1.807, 2.05) is 13.2 Å². The van der Waals surface area contributed by atoms with Crippen LogP contribution >= 0.6 is 27.7 Å². The van der Waals surface area contributed by atoms with E-state index in [1.54, 1.807) is 17.8 Å². The van der Waals surface area contributed by atoms with Gasteiger partial charge >= 0.3 is 0 Å². The highest BCUT2D eigenvalue weighted by Crippen LogP contribution is 2.32. The van der Waals surface area contributed by atoms with Crippen molar-refractivity contribution in [3.8, 4) is 0 Å². The number of nitrogens with one attached hydrogen (secondary N) is 1. The maximum atomic E-state index is 12.7. The van der Waals surface area contributed by atoms with Crippen molar-refractivity contribution < 1.29 is 13.5 Å². The minimum Gasteiger partial charge on any atom is -0.392 e. The van der Waals surface area contributed by atoms with E-state index < -0.39 is 10.0 Å². The molecule has 0 aromatic heterocycles. The van der Waals surface area contributed by atoms with Crippen LogP contribution in [0.3, 0.4) is 0 Å². The summed E-state index contributed by atoms with van der Waals surface area (Å²) in [7, 11) is -3.59. The third-order valence-corrected chi connectivity index (χ3v) is 7.81. The summed E-state index contributed by atoms with van der Waals surface area (Å²) in [6.07, 6.45) is 4.99. The molecule has 2 unspecified atom stereocenters. The normalized spacial score (nSPS) is 22.7. The Morgan fingerprint density at radius 1 is 1.43 bits per heavy atom. The highest BCUT2D eigenvalue weighted by Gasteiger charge is 2.31. The van der Waals surface area contributed by atoms with Crippen LogP contribution < -0.4 is 4.72 Å². The predicted molar refractivity (Wildman–Crippen MR) is 90.1 cm³/mol. The third-order valence-electron chi connectivity index (χ3n) is 3.81. The molecule has 0 heterocycles. The van der Waals surface area contributed by atoms with Crippen LogP contribution in [-0.2, 0) is 16.6 Å². The van der Waals surface area contributed by atoms with Crippen LogP contribution in [0.1, 0.15) is 30.4 Å². The van der Waals surface area contributed by atoms with Crippen molar-refractivity contribution in [2.45, 2.75) is 49.0 Å². The van der Waals surface area contributed by atoms with E-state index in [0.29, 0.717) is 15.3 Å². The van der Waals surface area contributed by atoms with Gasteiger partial charge < -0.3 is 5.11 Å². The Balaban J connectivity index is 2.33. The van der Waals surface area contributed by atoms with Crippen LogP contribution in [0.2, 0.25) is 0 Å². The maximum absolute atomic E-state index is 12.7. The smallest absolute Gasteiger partial charge is 0.241 e. The molecule has 0 spiro atoms. The number of aliphatic hydroxyl groups is 1. The predicted octanol–water partition coefficient (Wildman–Crippen LogP) is 2.81. The second-order valence-corrected chi connectivity index (χ2v) is 8.87. The monoisotopic (exact) mass is 393 g/mol. The average Bonchev–Trinajstić information content (AvgIpc) is 2.87. The van der Waals surface area contributed by atoms with Gasteiger partial charge in [-0.15, -0.1) is 0 Å². The quantitative estimate of drug-likeness (QED) is 0.806. The van der Waals surface area contributed by atoms with E-state index in [1.165, 1.54) is 6.07 Å². The molecule has 2 N–H and O–H groups in total. The Morgan fingerprint density at radius 2 is 2.14 bits per heavy atom. The summed E-state index contributed by atoms with van der Waals surface area (Å²) in [5.41, 5.74) is 1.40. The van der Waals surface area contributed by atoms with Crippen molar-refractivity contribution in [3.05, 3.63) is 27.7 Å². The lowest BCUT2D eigenvalue weighted by Gasteiger charge is -2.20. The number of hydrogen-bond donors (Lipinski definition) is 2. The molecular weight excluding hydrogens is 374 g/mol. The van der Waals surface area contributed by atoms with Gasteiger partial charge in [0.15, 0.2) is 0 Å². The van der Waals surface area contributed by atoms with Gasteiger partial charge in [0.05, 0.1) is 11.5 Å². The standard InChI is InChI=1S/C14H20BrNO3S2/c1-9-6-10(8-17)7-13(14(9)15)21(18,19)16-11-4-3-5-12(11)20-2/h6-7,11-12,16-17H,3-5,8H2,1-2H3. The lowest BCUT2D eigenvalue weighted by Crippen LogP contribution is -2.38. The molecule has 1 fully saturated rings. The Kier molecular flexibility index (Phi) is 5.76. The van der Waals surface area contributed by atoms with Crippen LogP contribution in [0.5, 0.6) is 0 Å². The molecule has 2 rings (SSSR count). The highest BCUT2D eigenvalue weighted by atomic mass is 79.9. The van der Waals surface area contributed by atoms with Crippen molar-refractivity contribution in [2.75, 3.05) is 6.26 Å². The Bertz CT molecular complexity index is 619. The summed E-state index contributed by atoms with van der Waals surface area (Å²) in [6.45, 7) is 1.65. The van der Waals surface area contributed by atoms with Gasteiger partial charge in [0.1, 0.15) is 0 Å². The van der Waals surface area contributed by atoms with E-state index in [2.05, 4.69) is 20.7 Å². The number of sulfonamides is 1. The summed E-state index contributed by atoms with van der Waals surface area (Å²) in [6, 6.07) is 3.29. The van der Waals surface area contributed by atoms with Crippen LogP contribution in [-0.4, -0.2) is 31.1 Å². The van der Waals surface area contributed by atoms with Crippen molar-refractivity contribution in [1.29, 1.82) is 0 Å². The molecule has 0 radical (unpaired) electrons. The lowest BCUT2D eigenvalue weighted by atomic mass is 10.1. The molecule has 2 atom stereocenters. The molecule has 1 aliphatic rings. The topological polar surface area (TPSA) is 66.4 Å². The number of aliphatic hydroxyl groups excluding tert-OH is 1. The number of thioether (sulfide) groups is 1. The zero-order valence-electron chi connectivity index (χ0n) is 12.1. The number of benzene rings is 1. The largest absolute Gasteiger partial charge is 0.392 e. The number of hydrogen-bond acceptors (Lipinski definition) is 4. The van der Waals surface area contributed by atoms with Crippen molar-refractivity contribution >= 4 is 37.7 Å². The van der Waals surface area contributed by atoms with E-state index in [9.17, 15) is 13.5 Å². The fraction of sp³-hybridized carbons (Fsp3) is 0.571. The Labute approximate surface area is 138 Å². The number of halogens is 1. The SMILES string of the molecule is CSC1CCCC1NS(=O)(=O)c1cc(CO)cc(C)c1Br. The maximum Gasteiger partial charge on any atom is 0.241 e. The average molecular weight is 394 g/mol. The van der Waals surface area contributed by atoms with Gasteiger partial charge in [-0.05, 0) is 59.1 Å². The molecule has 0 amide bonds. The van der Waals surface area contributed by atoms with E-state index in [-0.39, 0.29) is 17.5 Å². The van der Waals surface area contributed by atoms with Crippen LogP contribution in [0, 0.1) is 6.92 Å². The van der Waals surface area contributed by atoms with Crippen molar-refractivity contribution in [2.24, 2.45) is 0 Å². The Hall–Kier alpha value is -0.0800. The summed E-state index contributed by atoms with van der Waals surface area (Å²) in [4.78, 5) is 0.207. The van der Waals surface area contributed by atoms with Gasteiger partial charge in [0.2, 0.25) is 10.0 Å². The zero-order chi connectivity index (χ0) is 15.6. The fourth-order valence-electron chi connectivity index (χ4n) is 2.70.